The minimum absolute atomic E-state index is 0.288. The van der Waals surface area contributed by atoms with Gasteiger partial charge in [0.15, 0.2) is 0 Å². The molecule has 112 valence electrons. The quantitative estimate of drug-likeness (QED) is 0.808. The molecule has 0 aliphatic heterocycles. The predicted octanol–water partition coefficient (Wildman–Crippen LogP) is 3.89. The molecule has 0 saturated heterocycles. The van der Waals surface area contributed by atoms with Crippen molar-refractivity contribution in [3.05, 3.63) is 71.8 Å². The number of rotatable bonds is 7. The van der Waals surface area contributed by atoms with Crippen LogP contribution in [0.5, 0.6) is 0 Å². The van der Waals surface area contributed by atoms with Crippen LogP contribution in [0, 0.1) is 0 Å². The Morgan fingerprint density at radius 2 is 1.38 bits per heavy atom. The third-order valence-electron chi connectivity index (χ3n) is 3.87. The molecule has 0 fully saturated rings. The van der Waals surface area contributed by atoms with Gasteiger partial charge in [0, 0.05) is 12.6 Å². The van der Waals surface area contributed by atoms with Crippen molar-refractivity contribution in [1.29, 1.82) is 0 Å². The molecule has 0 radical (unpaired) electrons. The van der Waals surface area contributed by atoms with Crippen LogP contribution in [0.25, 0.3) is 0 Å². The summed E-state index contributed by atoms with van der Waals surface area (Å²) in [5.74, 6) is 0.331. The number of benzene rings is 2. The maximum atomic E-state index is 9.74. The van der Waals surface area contributed by atoms with Crippen LogP contribution < -0.4 is 5.32 Å². The largest absolute Gasteiger partial charge is 0.393 e. The highest BCUT2D eigenvalue weighted by atomic mass is 16.3. The second-order valence-electron chi connectivity index (χ2n) is 5.73. The zero-order valence-corrected chi connectivity index (χ0v) is 12.9. The van der Waals surface area contributed by atoms with Crippen molar-refractivity contribution in [2.45, 2.75) is 38.3 Å². The standard InChI is InChI=1S/C19H25NO/c1-15(21)13-19(18-11-7-4-8-12-18)14-20-16(2)17-9-5-3-6-10-17/h3-12,15-16,19-21H,13-14H2,1-2H3. The molecule has 2 N–H and O–H groups in total. The Hall–Kier alpha value is -1.64. The number of hydrogen-bond acceptors (Lipinski definition) is 2. The molecule has 0 saturated carbocycles. The van der Waals surface area contributed by atoms with Crippen LogP contribution in [0.2, 0.25) is 0 Å². The van der Waals surface area contributed by atoms with E-state index in [1.54, 1.807) is 0 Å². The van der Waals surface area contributed by atoms with Crippen molar-refractivity contribution in [1.82, 2.24) is 5.32 Å². The van der Waals surface area contributed by atoms with Crippen molar-refractivity contribution in [2.75, 3.05) is 6.54 Å². The van der Waals surface area contributed by atoms with Crippen LogP contribution >= 0.6 is 0 Å². The van der Waals surface area contributed by atoms with E-state index in [1.165, 1.54) is 11.1 Å². The van der Waals surface area contributed by atoms with E-state index in [-0.39, 0.29) is 6.10 Å². The Bertz CT molecular complexity index is 510. The first-order valence-electron chi connectivity index (χ1n) is 7.68. The zero-order chi connectivity index (χ0) is 15.1. The fourth-order valence-electron chi connectivity index (χ4n) is 2.65. The zero-order valence-electron chi connectivity index (χ0n) is 12.9. The lowest BCUT2D eigenvalue weighted by Crippen LogP contribution is -2.26. The monoisotopic (exact) mass is 283 g/mol. The SMILES string of the molecule is CC(O)CC(CNC(C)c1ccccc1)c1ccccc1. The fourth-order valence-corrected chi connectivity index (χ4v) is 2.65. The van der Waals surface area contributed by atoms with Gasteiger partial charge >= 0.3 is 0 Å². The fraction of sp³-hybridized carbons (Fsp3) is 0.368. The van der Waals surface area contributed by atoms with E-state index in [4.69, 9.17) is 0 Å². The van der Waals surface area contributed by atoms with Crippen LogP contribution in [-0.2, 0) is 0 Å². The summed E-state index contributed by atoms with van der Waals surface area (Å²) in [4.78, 5) is 0. The summed E-state index contributed by atoms with van der Waals surface area (Å²) in [6.45, 7) is 4.90. The average Bonchev–Trinajstić information content (AvgIpc) is 2.52. The molecular weight excluding hydrogens is 258 g/mol. The van der Waals surface area contributed by atoms with E-state index < -0.39 is 0 Å². The van der Waals surface area contributed by atoms with Gasteiger partial charge in [-0.3, -0.25) is 0 Å². The molecule has 2 nitrogen and oxygen atoms in total. The Labute approximate surface area is 127 Å². The predicted molar refractivity (Wildman–Crippen MR) is 88.3 cm³/mol. The van der Waals surface area contributed by atoms with Gasteiger partial charge in [-0.2, -0.15) is 0 Å². The van der Waals surface area contributed by atoms with E-state index in [0.29, 0.717) is 12.0 Å². The van der Waals surface area contributed by atoms with E-state index in [1.807, 2.05) is 19.1 Å². The molecule has 0 aliphatic rings. The van der Waals surface area contributed by atoms with Gasteiger partial charge in [-0.05, 0) is 37.3 Å². The average molecular weight is 283 g/mol. The molecule has 2 aromatic carbocycles. The van der Waals surface area contributed by atoms with Crippen LogP contribution in [-0.4, -0.2) is 17.8 Å². The van der Waals surface area contributed by atoms with E-state index in [2.05, 4.69) is 60.8 Å². The van der Waals surface area contributed by atoms with Crippen LogP contribution in [0.4, 0.5) is 0 Å². The minimum Gasteiger partial charge on any atom is -0.393 e. The molecular formula is C19H25NO. The molecule has 21 heavy (non-hydrogen) atoms. The third-order valence-corrected chi connectivity index (χ3v) is 3.87. The van der Waals surface area contributed by atoms with Gasteiger partial charge in [-0.15, -0.1) is 0 Å². The second kappa shape index (κ2) is 7.96. The van der Waals surface area contributed by atoms with Gasteiger partial charge in [0.05, 0.1) is 6.10 Å². The first-order valence-corrected chi connectivity index (χ1v) is 7.68. The highest BCUT2D eigenvalue weighted by molar-refractivity contribution is 5.21. The molecule has 3 unspecified atom stereocenters. The Kier molecular flexibility index (Phi) is 5.97. The van der Waals surface area contributed by atoms with E-state index in [0.717, 1.165) is 13.0 Å². The van der Waals surface area contributed by atoms with E-state index in [9.17, 15) is 5.11 Å². The van der Waals surface area contributed by atoms with Gasteiger partial charge in [-0.1, -0.05) is 60.7 Å². The minimum atomic E-state index is -0.288. The summed E-state index contributed by atoms with van der Waals surface area (Å²) < 4.78 is 0. The highest BCUT2D eigenvalue weighted by Crippen LogP contribution is 2.22. The number of aliphatic hydroxyl groups excluding tert-OH is 1. The van der Waals surface area contributed by atoms with Gasteiger partial charge < -0.3 is 10.4 Å². The summed E-state index contributed by atoms with van der Waals surface area (Å²) in [6, 6.07) is 21.2. The maximum absolute atomic E-state index is 9.74. The van der Waals surface area contributed by atoms with Gasteiger partial charge in [0.1, 0.15) is 0 Å². The molecule has 2 rings (SSSR count). The van der Waals surface area contributed by atoms with Crippen LogP contribution in [0.3, 0.4) is 0 Å². The van der Waals surface area contributed by atoms with Crippen molar-refractivity contribution in [3.8, 4) is 0 Å². The van der Waals surface area contributed by atoms with Crippen molar-refractivity contribution in [3.63, 3.8) is 0 Å². The van der Waals surface area contributed by atoms with Crippen molar-refractivity contribution >= 4 is 0 Å². The number of hydrogen-bond donors (Lipinski definition) is 2. The first kappa shape index (κ1) is 15.7. The Morgan fingerprint density at radius 1 is 0.857 bits per heavy atom. The lowest BCUT2D eigenvalue weighted by molar-refractivity contribution is 0.173. The second-order valence-corrected chi connectivity index (χ2v) is 5.73. The van der Waals surface area contributed by atoms with Gasteiger partial charge in [0.2, 0.25) is 0 Å². The lowest BCUT2D eigenvalue weighted by atomic mass is 9.93. The van der Waals surface area contributed by atoms with Gasteiger partial charge in [0.25, 0.3) is 0 Å². The summed E-state index contributed by atoms with van der Waals surface area (Å²) in [5.41, 5.74) is 2.58. The lowest BCUT2D eigenvalue weighted by Gasteiger charge is -2.22. The molecule has 0 spiro atoms. The molecule has 3 atom stereocenters. The number of nitrogens with one attached hydrogen (secondary N) is 1. The molecule has 2 heteroatoms. The van der Waals surface area contributed by atoms with Crippen molar-refractivity contribution in [2.24, 2.45) is 0 Å². The first-order chi connectivity index (χ1) is 10.2. The summed E-state index contributed by atoms with van der Waals surface area (Å²) in [6.07, 6.45) is 0.488. The van der Waals surface area contributed by atoms with Crippen LogP contribution in [0.15, 0.2) is 60.7 Å². The molecule has 0 bridgehead atoms. The third kappa shape index (κ3) is 5.00. The normalized spacial score (nSPS) is 15.4. The Balaban J connectivity index is 1.99. The Morgan fingerprint density at radius 3 is 1.90 bits per heavy atom. The number of aliphatic hydroxyl groups is 1. The summed E-state index contributed by atoms with van der Waals surface area (Å²) in [7, 11) is 0. The molecule has 0 heterocycles. The topological polar surface area (TPSA) is 32.3 Å². The maximum Gasteiger partial charge on any atom is 0.0518 e. The van der Waals surface area contributed by atoms with Crippen molar-refractivity contribution < 1.29 is 5.11 Å². The molecule has 0 aromatic heterocycles. The summed E-state index contributed by atoms with van der Waals surface area (Å²) >= 11 is 0. The van der Waals surface area contributed by atoms with E-state index >= 15 is 0 Å². The molecule has 2 aromatic rings. The smallest absolute Gasteiger partial charge is 0.0518 e. The van der Waals surface area contributed by atoms with Gasteiger partial charge in [-0.25, -0.2) is 0 Å². The molecule has 0 amide bonds. The summed E-state index contributed by atoms with van der Waals surface area (Å²) in [5, 5.41) is 13.3. The highest BCUT2D eigenvalue weighted by Gasteiger charge is 2.15. The van der Waals surface area contributed by atoms with Crippen LogP contribution in [0.1, 0.15) is 43.4 Å². The molecule has 0 aliphatic carbocycles.